The van der Waals surface area contributed by atoms with Gasteiger partial charge >= 0.3 is 0 Å². The Labute approximate surface area is 98.4 Å². The Kier molecular flexibility index (Phi) is 3.22. The molecule has 0 aliphatic carbocycles. The number of hydrogen-bond acceptors (Lipinski definition) is 4. The summed E-state index contributed by atoms with van der Waals surface area (Å²) in [4.78, 5) is 4.27. The summed E-state index contributed by atoms with van der Waals surface area (Å²) >= 11 is 1.54. The van der Waals surface area contributed by atoms with Gasteiger partial charge in [-0.15, -0.1) is 11.3 Å². The molecular formula is C12H13NO2S. The van der Waals surface area contributed by atoms with Crippen LogP contribution >= 0.6 is 11.3 Å². The van der Waals surface area contributed by atoms with Gasteiger partial charge < -0.3 is 9.84 Å². The fourth-order valence-corrected chi connectivity index (χ4v) is 2.09. The molecule has 0 saturated heterocycles. The molecule has 1 atom stereocenters. The third-order valence-electron chi connectivity index (χ3n) is 2.35. The Balaban J connectivity index is 2.23. The number of ether oxygens (including phenoxy) is 1. The molecule has 1 aromatic heterocycles. The number of methoxy groups -OCH3 is 1. The first-order chi connectivity index (χ1) is 7.70. The molecule has 0 fully saturated rings. The highest BCUT2D eigenvalue weighted by atomic mass is 32.1. The van der Waals surface area contributed by atoms with E-state index in [1.54, 1.807) is 7.11 Å². The highest BCUT2D eigenvalue weighted by Crippen LogP contribution is 2.24. The summed E-state index contributed by atoms with van der Waals surface area (Å²) in [5.74, 6) is 0.783. The fourth-order valence-electron chi connectivity index (χ4n) is 1.46. The second kappa shape index (κ2) is 4.63. The molecule has 1 aromatic carbocycles. The predicted octanol–water partition coefficient (Wildman–Crippen LogP) is 2.54. The van der Waals surface area contributed by atoms with Gasteiger partial charge in [-0.25, -0.2) is 4.98 Å². The molecule has 2 aromatic rings. The molecule has 0 saturated carbocycles. The van der Waals surface area contributed by atoms with E-state index in [1.165, 1.54) is 11.3 Å². The minimum atomic E-state index is -0.657. The summed E-state index contributed by atoms with van der Waals surface area (Å²) in [7, 11) is 1.62. The van der Waals surface area contributed by atoms with Crippen LogP contribution in [-0.4, -0.2) is 17.2 Å². The van der Waals surface area contributed by atoms with Crippen LogP contribution < -0.4 is 4.74 Å². The summed E-state index contributed by atoms with van der Waals surface area (Å²) in [6, 6.07) is 7.35. The topological polar surface area (TPSA) is 42.4 Å². The molecule has 84 valence electrons. The number of aliphatic hydroxyl groups excluding tert-OH is 1. The van der Waals surface area contributed by atoms with Crippen LogP contribution in [0.15, 0.2) is 29.6 Å². The van der Waals surface area contributed by atoms with Crippen LogP contribution in [0.4, 0.5) is 0 Å². The number of rotatable bonds is 3. The summed E-state index contributed by atoms with van der Waals surface area (Å²) in [6.07, 6.45) is -0.657. The van der Waals surface area contributed by atoms with Gasteiger partial charge in [-0.2, -0.15) is 0 Å². The number of hydrogen-bond donors (Lipinski definition) is 1. The molecule has 0 bridgehead atoms. The lowest BCUT2D eigenvalue weighted by molar-refractivity contribution is 0.216. The molecule has 2 rings (SSSR count). The third kappa shape index (κ3) is 2.23. The van der Waals surface area contributed by atoms with Crippen LogP contribution in [0.3, 0.4) is 0 Å². The first-order valence-corrected chi connectivity index (χ1v) is 5.82. The second-order valence-electron chi connectivity index (χ2n) is 3.47. The smallest absolute Gasteiger partial charge is 0.122 e. The number of aromatic nitrogens is 1. The Morgan fingerprint density at radius 2 is 2.00 bits per heavy atom. The molecule has 4 heteroatoms. The molecular weight excluding hydrogens is 222 g/mol. The standard InChI is InChI=1S/C12H13NO2S/c1-8-13-11(7-16-8)12(14)9-3-5-10(15-2)6-4-9/h3-7,12,14H,1-2H3. The zero-order valence-corrected chi connectivity index (χ0v) is 9.99. The molecule has 0 radical (unpaired) electrons. The van der Waals surface area contributed by atoms with Gasteiger partial charge in [0.05, 0.1) is 17.8 Å². The van der Waals surface area contributed by atoms with Crippen molar-refractivity contribution in [2.75, 3.05) is 7.11 Å². The fraction of sp³-hybridized carbons (Fsp3) is 0.250. The van der Waals surface area contributed by atoms with Crippen LogP contribution in [0.25, 0.3) is 0 Å². The van der Waals surface area contributed by atoms with Crippen LogP contribution in [0.5, 0.6) is 5.75 Å². The number of aliphatic hydroxyl groups is 1. The maximum atomic E-state index is 10.1. The third-order valence-corrected chi connectivity index (χ3v) is 3.14. The molecule has 16 heavy (non-hydrogen) atoms. The molecule has 0 amide bonds. The SMILES string of the molecule is COc1ccc(C(O)c2csc(C)n2)cc1. The van der Waals surface area contributed by atoms with Crippen molar-refractivity contribution in [3.05, 3.63) is 45.9 Å². The summed E-state index contributed by atoms with van der Waals surface area (Å²) < 4.78 is 5.06. The van der Waals surface area contributed by atoms with Crippen molar-refractivity contribution in [3.8, 4) is 5.75 Å². The van der Waals surface area contributed by atoms with Gasteiger partial charge in [0.2, 0.25) is 0 Å². The van der Waals surface area contributed by atoms with E-state index in [9.17, 15) is 5.11 Å². The molecule has 1 N–H and O–H groups in total. The van der Waals surface area contributed by atoms with Crippen molar-refractivity contribution in [3.63, 3.8) is 0 Å². The molecule has 1 unspecified atom stereocenters. The number of benzene rings is 1. The van der Waals surface area contributed by atoms with E-state index in [0.717, 1.165) is 16.3 Å². The van der Waals surface area contributed by atoms with Gasteiger partial charge in [0, 0.05) is 5.38 Å². The summed E-state index contributed by atoms with van der Waals surface area (Å²) in [6.45, 7) is 1.93. The van der Waals surface area contributed by atoms with Gasteiger partial charge in [-0.1, -0.05) is 12.1 Å². The van der Waals surface area contributed by atoms with Gasteiger partial charge in [-0.05, 0) is 24.6 Å². The number of nitrogens with zero attached hydrogens (tertiary/aromatic N) is 1. The Morgan fingerprint density at radius 3 is 2.50 bits per heavy atom. The first-order valence-electron chi connectivity index (χ1n) is 4.95. The average molecular weight is 235 g/mol. The molecule has 0 aliphatic rings. The zero-order chi connectivity index (χ0) is 11.5. The van der Waals surface area contributed by atoms with Gasteiger partial charge in [0.15, 0.2) is 0 Å². The van der Waals surface area contributed by atoms with Crippen molar-refractivity contribution < 1.29 is 9.84 Å². The quantitative estimate of drug-likeness (QED) is 0.889. The highest BCUT2D eigenvalue weighted by Gasteiger charge is 2.13. The lowest BCUT2D eigenvalue weighted by Crippen LogP contribution is -1.99. The van der Waals surface area contributed by atoms with E-state index in [-0.39, 0.29) is 0 Å². The van der Waals surface area contributed by atoms with E-state index < -0.39 is 6.10 Å². The van der Waals surface area contributed by atoms with Crippen molar-refractivity contribution >= 4 is 11.3 Å². The maximum absolute atomic E-state index is 10.1. The predicted molar refractivity (Wildman–Crippen MR) is 63.9 cm³/mol. The van der Waals surface area contributed by atoms with E-state index in [1.807, 2.05) is 36.6 Å². The van der Waals surface area contributed by atoms with Crippen molar-refractivity contribution in [2.45, 2.75) is 13.0 Å². The monoisotopic (exact) mass is 235 g/mol. The highest BCUT2D eigenvalue weighted by molar-refractivity contribution is 7.09. The van der Waals surface area contributed by atoms with E-state index in [4.69, 9.17) is 4.74 Å². The van der Waals surface area contributed by atoms with Gasteiger partial charge in [0.25, 0.3) is 0 Å². The van der Waals surface area contributed by atoms with E-state index in [2.05, 4.69) is 4.98 Å². The van der Waals surface area contributed by atoms with Crippen molar-refractivity contribution in [1.82, 2.24) is 4.98 Å². The largest absolute Gasteiger partial charge is 0.497 e. The minimum Gasteiger partial charge on any atom is -0.497 e. The summed E-state index contributed by atoms with van der Waals surface area (Å²) in [5, 5.41) is 12.9. The van der Waals surface area contributed by atoms with Crippen LogP contribution in [0, 0.1) is 6.92 Å². The minimum absolute atomic E-state index is 0.657. The van der Waals surface area contributed by atoms with Gasteiger partial charge in [-0.3, -0.25) is 0 Å². The molecule has 0 spiro atoms. The zero-order valence-electron chi connectivity index (χ0n) is 9.18. The normalized spacial score (nSPS) is 12.4. The van der Waals surface area contributed by atoms with Crippen molar-refractivity contribution in [2.24, 2.45) is 0 Å². The lowest BCUT2D eigenvalue weighted by atomic mass is 10.1. The first kappa shape index (κ1) is 11.1. The van der Waals surface area contributed by atoms with E-state index in [0.29, 0.717) is 5.69 Å². The average Bonchev–Trinajstić information content (AvgIpc) is 2.75. The van der Waals surface area contributed by atoms with E-state index >= 15 is 0 Å². The Bertz CT molecular complexity index is 464. The second-order valence-corrected chi connectivity index (χ2v) is 4.53. The lowest BCUT2D eigenvalue weighted by Gasteiger charge is -2.08. The van der Waals surface area contributed by atoms with Crippen LogP contribution in [-0.2, 0) is 0 Å². The molecule has 1 heterocycles. The molecule has 0 aliphatic heterocycles. The Morgan fingerprint density at radius 1 is 1.31 bits per heavy atom. The summed E-state index contributed by atoms with van der Waals surface area (Å²) in [5.41, 5.74) is 1.53. The Hall–Kier alpha value is -1.39. The van der Waals surface area contributed by atoms with Crippen LogP contribution in [0.2, 0.25) is 0 Å². The number of thiazole rings is 1. The van der Waals surface area contributed by atoms with Crippen molar-refractivity contribution in [1.29, 1.82) is 0 Å². The van der Waals surface area contributed by atoms with Crippen LogP contribution in [0.1, 0.15) is 22.4 Å². The number of aryl methyl sites for hydroxylation is 1. The maximum Gasteiger partial charge on any atom is 0.122 e. The molecule has 3 nitrogen and oxygen atoms in total. The van der Waals surface area contributed by atoms with Gasteiger partial charge in [0.1, 0.15) is 11.9 Å².